The maximum absolute atomic E-state index is 6.05. The zero-order valence-electron chi connectivity index (χ0n) is 10.7. The molecule has 0 aromatic heterocycles. The number of benzene rings is 2. The van der Waals surface area contributed by atoms with E-state index in [2.05, 4.69) is 48.3 Å². The average Bonchev–Trinajstić information content (AvgIpc) is 2.39. The van der Waals surface area contributed by atoms with E-state index in [1.165, 1.54) is 28.8 Å². The number of rotatable bonds is 1. The Bertz CT molecular complexity index is 561. The molecule has 0 fully saturated rings. The summed E-state index contributed by atoms with van der Waals surface area (Å²) in [6, 6.07) is 14.7. The van der Waals surface area contributed by atoms with Gasteiger partial charge >= 0.3 is 0 Å². The molecule has 1 aliphatic heterocycles. The van der Waals surface area contributed by atoms with Crippen LogP contribution in [0.4, 0.5) is 11.4 Å². The Hall–Kier alpha value is -1.96. The first kappa shape index (κ1) is 11.1. The number of fused-ring (bicyclic) bond motifs is 1. The summed E-state index contributed by atoms with van der Waals surface area (Å²) in [6.45, 7) is 1.12. The Kier molecular flexibility index (Phi) is 2.71. The Morgan fingerprint density at radius 2 is 1.89 bits per heavy atom. The summed E-state index contributed by atoms with van der Waals surface area (Å²) in [7, 11) is 2.17. The SMILES string of the molecule is CN1CCCc2cc(N)cc(-c3ccccc3)c21. The van der Waals surface area contributed by atoms with Crippen LogP contribution in [0, 0.1) is 0 Å². The Morgan fingerprint density at radius 1 is 1.11 bits per heavy atom. The van der Waals surface area contributed by atoms with E-state index in [-0.39, 0.29) is 0 Å². The van der Waals surface area contributed by atoms with Crippen molar-refractivity contribution in [2.24, 2.45) is 0 Å². The molecule has 0 amide bonds. The van der Waals surface area contributed by atoms with Crippen molar-refractivity contribution >= 4 is 11.4 Å². The maximum atomic E-state index is 6.05. The highest BCUT2D eigenvalue weighted by Gasteiger charge is 2.18. The lowest BCUT2D eigenvalue weighted by molar-refractivity contribution is 0.746. The second-order valence-electron chi connectivity index (χ2n) is 4.97. The zero-order chi connectivity index (χ0) is 12.5. The van der Waals surface area contributed by atoms with Crippen LogP contribution in [-0.2, 0) is 6.42 Å². The summed E-state index contributed by atoms with van der Waals surface area (Å²) >= 11 is 0. The first-order valence-electron chi connectivity index (χ1n) is 6.44. The fraction of sp³-hybridized carbons (Fsp3) is 0.250. The van der Waals surface area contributed by atoms with Gasteiger partial charge in [0.25, 0.3) is 0 Å². The standard InChI is InChI=1S/C16H18N2/c1-18-9-5-8-13-10-14(17)11-15(16(13)18)12-6-3-2-4-7-12/h2-4,6-7,10-11H,5,8-9,17H2,1H3. The van der Waals surface area contributed by atoms with Crippen LogP contribution in [0.15, 0.2) is 42.5 Å². The van der Waals surface area contributed by atoms with Crippen molar-refractivity contribution in [3.8, 4) is 11.1 Å². The van der Waals surface area contributed by atoms with Crippen LogP contribution in [0.2, 0.25) is 0 Å². The van der Waals surface area contributed by atoms with Crippen LogP contribution in [-0.4, -0.2) is 13.6 Å². The third-order valence-corrected chi connectivity index (χ3v) is 3.62. The highest BCUT2D eigenvalue weighted by molar-refractivity contribution is 5.84. The molecule has 3 rings (SSSR count). The van der Waals surface area contributed by atoms with Gasteiger partial charge in [-0.05, 0) is 36.1 Å². The van der Waals surface area contributed by atoms with E-state index in [4.69, 9.17) is 5.73 Å². The summed E-state index contributed by atoms with van der Waals surface area (Å²) < 4.78 is 0. The molecule has 0 unspecified atom stereocenters. The topological polar surface area (TPSA) is 29.3 Å². The lowest BCUT2D eigenvalue weighted by Gasteiger charge is -2.30. The van der Waals surface area contributed by atoms with E-state index in [0.717, 1.165) is 18.7 Å². The van der Waals surface area contributed by atoms with Crippen molar-refractivity contribution in [1.29, 1.82) is 0 Å². The number of aryl methyl sites for hydroxylation is 1. The molecule has 18 heavy (non-hydrogen) atoms. The van der Waals surface area contributed by atoms with Gasteiger partial charge in [-0.3, -0.25) is 0 Å². The van der Waals surface area contributed by atoms with Gasteiger partial charge in [0.05, 0.1) is 0 Å². The highest BCUT2D eigenvalue weighted by atomic mass is 15.1. The average molecular weight is 238 g/mol. The van der Waals surface area contributed by atoms with Crippen molar-refractivity contribution in [3.63, 3.8) is 0 Å². The number of anilines is 2. The molecule has 0 radical (unpaired) electrons. The minimum Gasteiger partial charge on any atom is -0.399 e. The molecule has 1 aliphatic rings. The molecule has 0 aliphatic carbocycles. The van der Waals surface area contributed by atoms with Crippen LogP contribution in [0.3, 0.4) is 0 Å². The number of nitrogens with two attached hydrogens (primary N) is 1. The Labute approximate surface area is 108 Å². The summed E-state index contributed by atoms with van der Waals surface area (Å²) in [5, 5.41) is 0. The molecule has 0 saturated heterocycles. The van der Waals surface area contributed by atoms with Crippen molar-refractivity contribution in [2.45, 2.75) is 12.8 Å². The molecule has 2 heteroatoms. The van der Waals surface area contributed by atoms with Crippen LogP contribution < -0.4 is 10.6 Å². The number of nitrogens with zero attached hydrogens (tertiary/aromatic N) is 1. The molecule has 0 spiro atoms. The molecular weight excluding hydrogens is 220 g/mol. The van der Waals surface area contributed by atoms with Gasteiger partial charge in [0.1, 0.15) is 0 Å². The van der Waals surface area contributed by atoms with E-state index in [1.54, 1.807) is 0 Å². The fourth-order valence-electron chi connectivity index (χ4n) is 2.82. The Balaban J connectivity index is 2.23. The van der Waals surface area contributed by atoms with E-state index in [1.807, 2.05) is 6.07 Å². The van der Waals surface area contributed by atoms with E-state index < -0.39 is 0 Å². The molecule has 0 saturated carbocycles. The lowest BCUT2D eigenvalue weighted by atomic mass is 9.93. The van der Waals surface area contributed by atoms with Gasteiger partial charge in [0.2, 0.25) is 0 Å². The lowest BCUT2D eigenvalue weighted by Crippen LogP contribution is -2.25. The van der Waals surface area contributed by atoms with Gasteiger partial charge < -0.3 is 10.6 Å². The summed E-state index contributed by atoms with van der Waals surface area (Å²) in [5.41, 5.74) is 12.1. The second kappa shape index (κ2) is 4.37. The molecule has 92 valence electrons. The molecule has 2 aromatic carbocycles. The smallest absolute Gasteiger partial charge is 0.0477 e. The van der Waals surface area contributed by atoms with E-state index >= 15 is 0 Å². The zero-order valence-corrected chi connectivity index (χ0v) is 10.7. The van der Waals surface area contributed by atoms with Crippen molar-refractivity contribution in [1.82, 2.24) is 0 Å². The Morgan fingerprint density at radius 3 is 2.67 bits per heavy atom. The summed E-state index contributed by atoms with van der Waals surface area (Å²) in [5.74, 6) is 0. The predicted molar refractivity (Wildman–Crippen MR) is 77.9 cm³/mol. The molecule has 2 N–H and O–H groups in total. The minimum atomic E-state index is 0.864. The van der Waals surface area contributed by atoms with Gasteiger partial charge in [-0.1, -0.05) is 30.3 Å². The van der Waals surface area contributed by atoms with Crippen molar-refractivity contribution in [3.05, 3.63) is 48.0 Å². The van der Waals surface area contributed by atoms with Crippen LogP contribution in [0.25, 0.3) is 11.1 Å². The van der Waals surface area contributed by atoms with Crippen LogP contribution in [0.1, 0.15) is 12.0 Å². The highest BCUT2D eigenvalue weighted by Crippen LogP contribution is 2.38. The van der Waals surface area contributed by atoms with Crippen LogP contribution in [0.5, 0.6) is 0 Å². The normalized spacial score (nSPS) is 14.4. The fourth-order valence-corrected chi connectivity index (χ4v) is 2.82. The molecular formula is C16H18N2. The maximum Gasteiger partial charge on any atom is 0.0477 e. The van der Waals surface area contributed by atoms with Crippen LogP contribution >= 0.6 is 0 Å². The first-order chi connectivity index (χ1) is 8.75. The third kappa shape index (κ3) is 1.84. The number of hydrogen-bond acceptors (Lipinski definition) is 2. The minimum absolute atomic E-state index is 0.864. The van der Waals surface area contributed by atoms with Gasteiger partial charge in [-0.15, -0.1) is 0 Å². The second-order valence-corrected chi connectivity index (χ2v) is 4.97. The monoisotopic (exact) mass is 238 g/mol. The van der Waals surface area contributed by atoms with Gasteiger partial charge in [0.15, 0.2) is 0 Å². The van der Waals surface area contributed by atoms with E-state index in [9.17, 15) is 0 Å². The van der Waals surface area contributed by atoms with Crippen molar-refractivity contribution < 1.29 is 0 Å². The third-order valence-electron chi connectivity index (χ3n) is 3.62. The van der Waals surface area contributed by atoms with E-state index in [0.29, 0.717) is 0 Å². The molecule has 1 heterocycles. The predicted octanol–water partition coefficient (Wildman–Crippen LogP) is 3.32. The summed E-state index contributed by atoms with van der Waals surface area (Å²) in [4.78, 5) is 2.35. The first-order valence-corrected chi connectivity index (χ1v) is 6.44. The van der Waals surface area contributed by atoms with Gasteiger partial charge in [-0.25, -0.2) is 0 Å². The molecule has 2 nitrogen and oxygen atoms in total. The molecule has 0 bridgehead atoms. The quantitative estimate of drug-likeness (QED) is 0.772. The number of nitrogen functional groups attached to an aromatic ring is 1. The van der Waals surface area contributed by atoms with Gasteiger partial charge in [0, 0.05) is 30.5 Å². The molecule has 0 atom stereocenters. The van der Waals surface area contributed by atoms with Crippen molar-refractivity contribution in [2.75, 3.05) is 24.2 Å². The summed E-state index contributed by atoms with van der Waals surface area (Å²) in [6.07, 6.45) is 2.34. The molecule has 2 aromatic rings. The number of hydrogen-bond donors (Lipinski definition) is 1. The van der Waals surface area contributed by atoms with Gasteiger partial charge in [-0.2, -0.15) is 0 Å². The largest absolute Gasteiger partial charge is 0.399 e.